The van der Waals surface area contributed by atoms with Crippen LogP contribution in [0.25, 0.3) is 11.1 Å². The average Bonchev–Trinajstić information content (AvgIpc) is 2.79. The first-order valence-electron chi connectivity index (χ1n) is 10.2. The van der Waals surface area contributed by atoms with Gasteiger partial charge in [-0.1, -0.05) is 12.1 Å². The van der Waals surface area contributed by atoms with Crippen LogP contribution in [0.1, 0.15) is 25.1 Å². The summed E-state index contributed by atoms with van der Waals surface area (Å²) in [5.41, 5.74) is 0.756. The van der Waals surface area contributed by atoms with Gasteiger partial charge in [0.2, 0.25) is 0 Å². The zero-order valence-corrected chi connectivity index (χ0v) is 21.8. The Morgan fingerprint density at radius 3 is 2.54 bits per heavy atom. The maximum absolute atomic E-state index is 14.5. The molecule has 0 unspecified atom stereocenters. The van der Waals surface area contributed by atoms with Crippen LogP contribution in [0.15, 0.2) is 53.3 Å². The van der Waals surface area contributed by atoms with Crippen LogP contribution >= 0.6 is 0 Å². The number of urea groups is 1. The van der Waals surface area contributed by atoms with Crippen molar-refractivity contribution in [2.24, 2.45) is 7.05 Å². The minimum absolute atomic E-state index is 0. The number of halogens is 1. The number of nitrogens with zero attached hydrogens (tertiary/aromatic N) is 1. The van der Waals surface area contributed by atoms with Gasteiger partial charge in [-0.25, -0.2) is 9.18 Å². The number of aromatic nitrogens is 1. The number of amides is 2. The molecule has 0 saturated heterocycles. The maximum Gasteiger partial charge on any atom is 1.00 e. The number of aliphatic carboxylic acids is 1. The Labute approximate surface area is 224 Å². The van der Waals surface area contributed by atoms with Crippen LogP contribution in [0.4, 0.5) is 14.9 Å². The summed E-state index contributed by atoms with van der Waals surface area (Å²) < 4.78 is 20.9. The van der Waals surface area contributed by atoms with Gasteiger partial charge in [0.05, 0.1) is 19.6 Å². The summed E-state index contributed by atoms with van der Waals surface area (Å²) in [5.74, 6) is -1.73. The van der Waals surface area contributed by atoms with Gasteiger partial charge in [-0.15, -0.1) is 0 Å². The summed E-state index contributed by atoms with van der Waals surface area (Å²) in [6, 6.07) is 10.1. The van der Waals surface area contributed by atoms with Crippen molar-refractivity contribution >= 4 is 17.7 Å². The monoisotopic (exact) mass is 493 g/mol. The molecule has 1 heterocycles. The number of methoxy groups -OCH3 is 1. The second kappa shape index (κ2) is 11.9. The number of carboxylic acids is 1. The summed E-state index contributed by atoms with van der Waals surface area (Å²) in [5, 5.41) is 24.1. The quantitative estimate of drug-likeness (QED) is 0.358. The molecule has 0 aliphatic rings. The zero-order chi connectivity index (χ0) is 25.0. The molecular weight excluding hydrogens is 468 g/mol. The molecule has 0 radical (unpaired) electrons. The molecule has 0 aliphatic heterocycles. The summed E-state index contributed by atoms with van der Waals surface area (Å²) in [6.07, 6.45) is -0.549. The second-order valence-electron chi connectivity index (χ2n) is 7.66. The number of carbonyl (C=O) groups excluding carboxylic acids is 1. The Bertz CT molecular complexity index is 1320. The Morgan fingerprint density at radius 1 is 1.17 bits per heavy atom. The molecule has 1 atom stereocenters. The minimum atomic E-state index is -1.23. The van der Waals surface area contributed by atoms with Gasteiger partial charge in [0.25, 0.3) is 5.56 Å². The van der Waals surface area contributed by atoms with Crippen molar-refractivity contribution in [3.05, 3.63) is 76.0 Å². The molecule has 0 aliphatic carbocycles. The van der Waals surface area contributed by atoms with E-state index in [1.807, 2.05) is 0 Å². The smallest absolute Gasteiger partial charge is 1.00 e. The summed E-state index contributed by atoms with van der Waals surface area (Å²) in [4.78, 5) is 36.5. The zero-order valence-electron chi connectivity index (χ0n) is 20.8. The van der Waals surface area contributed by atoms with Crippen molar-refractivity contribution in [3.8, 4) is 22.6 Å². The molecule has 9 nitrogen and oxygen atoms in total. The van der Waals surface area contributed by atoms with E-state index in [0.29, 0.717) is 22.6 Å². The fourth-order valence-electron chi connectivity index (χ4n) is 3.44. The molecule has 35 heavy (non-hydrogen) atoms. The number of rotatable bonds is 7. The van der Waals surface area contributed by atoms with E-state index >= 15 is 0 Å². The van der Waals surface area contributed by atoms with Crippen LogP contribution in [-0.4, -0.2) is 33.9 Å². The Morgan fingerprint density at radius 2 is 1.89 bits per heavy atom. The number of carboxylic acid groups (broad SMARTS) is 1. The number of carbonyl (C=O) groups is 2. The largest absolute Gasteiger partial charge is 1.00 e. The van der Waals surface area contributed by atoms with Gasteiger partial charge in [0.15, 0.2) is 5.69 Å². The molecule has 4 N–H and O–H groups in total. The van der Waals surface area contributed by atoms with Crippen LogP contribution < -0.4 is 50.5 Å². The molecule has 0 fully saturated rings. The fourth-order valence-corrected chi connectivity index (χ4v) is 3.44. The molecular formula is C24H25FN3NaO6. The fraction of sp³-hybridized carbons (Fsp3) is 0.208. The van der Waals surface area contributed by atoms with Crippen molar-refractivity contribution in [2.75, 3.05) is 12.4 Å². The molecule has 3 aromatic rings. The maximum atomic E-state index is 14.5. The third-order valence-corrected chi connectivity index (χ3v) is 5.30. The molecule has 0 spiro atoms. The van der Waals surface area contributed by atoms with Crippen molar-refractivity contribution in [3.63, 3.8) is 0 Å². The number of hydrogen-bond acceptors (Lipinski definition) is 5. The van der Waals surface area contributed by atoms with E-state index in [4.69, 9.17) is 4.74 Å². The summed E-state index contributed by atoms with van der Waals surface area (Å²) >= 11 is 0. The van der Waals surface area contributed by atoms with Crippen LogP contribution in [0.2, 0.25) is 0 Å². The molecule has 1 aromatic heterocycles. The van der Waals surface area contributed by atoms with E-state index in [2.05, 4.69) is 10.6 Å². The topological polar surface area (TPSA) is 130 Å². The molecule has 0 bridgehead atoms. The predicted octanol–water partition coefficient (Wildman–Crippen LogP) is 0.668. The van der Waals surface area contributed by atoms with Crippen molar-refractivity contribution in [1.29, 1.82) is 0 Å². The second-order valence-corrected chi connectivity index (χ2v) is 7.66. The van der Waals surface area contributed by atoms with E-state index in [9.17, 15) is 29.0 Å². The normalized spacial score (nSPS) is 11.2. The minimum Gasteiger partial charge on any atom is -1.00 e. The number of hydrogen-bond donors (Lipinski definition) is 4. The van der Waals surface area contributed by atoms with Crippen molar-refractivity contribution in [2.45, 2.75) is 19.4 Å². The third-order valence-electron chi connectivity index (χ3n) is 5.30. The van der Waals surface area contributed by atoms with Crippen LogP contribution in [-0.2, 0) is 11.8 Å². The number of nitrogens with one attached hydrogen (secondary N) is 2. The van der Waals surface area contributed by atoms with Gasteiger partial charge in [0, 0.05) is 18.8 Å². The average molecular weight is 493 g/mol. The first kappa shape index (κ1) is 27.9. The molecule has 2 aromatic carbocycles. The van der Waals surface area contributed by atoms with Gasteiger partial charge in [-0.05, 0) is 53.9 Å². The van der Waals surface area contributed by atoms with Crippen LogP contribution in [0, 0.1) is 12.7 Å². The summed E-state index contributed by atoms with van der Waals surface area (Å²) in [6.45, 7) is 1.61. The van der Waals surface area contributed by atoms with E-state index in [-0.39, 0.29) is 42.2 Å². The SMILES string of the molecule is COc1cccc(-c2cc(F)cc([C@H](CC(=O)O)NC(=O)Nc3c(O)cc(C)n(C)c3=O)c2)c1.[H-].[Na+]. The molecule has 3 rings (SSSR count). The summed E-state index contributed by atoms with van der Waals surface area (Å²) in [7, 11) is 2.97. The van der Waals surface area contributed by atoms with Gasteiger partial charge in [-0.2, -0.15) is 0 Å². The Balaban J connectivity index is 0.00000324. The van der Waals surface area contributed by atoms with E-state index in [1.54, 1.807) is 37.3 Å². The molecule has 180 valence electrons. The molecule has 11 heteroatoms. The molecule has 0 saturated carbocycles. The third kappa shape index (κ3) is 6.84. The van der Waals surface area contributed by atoms with Gasteiger partial charge in [0.1, 0.15) is 17.3 Å². The van der Waals surface area contributed by atoms with E-state index in [0.717, 1.165) is 6.07 Å². The van der Waals surface area contributed by atoms with Crippen LogP contribution in [0.5, 0.6) is 11.5 Å². The van der Waals surface area contributed by atoms with Crippen LogP contribution in [0.3, 0.4) is 0 Å². The predicted molar refractivity (Wildman–Crippen MR) is 125 cm³/mol. The number of anilines is 1. The van der Waals surface area contributed by atoms with E-state index in [1.165, 1.54) is 30.9 Å². The van der Waals surface area contributed by atoms with Crippen molar-refractivity contribution in [1.82, 2.24) is 9.88 Å². The Kier molecular flexibility index (Phi) is 9.47. The number of pyridine rings is 1. The first-order chi connectivity index (χ1) is 16.1. The van der Waals surface area contributed by atoms with Crippen molar-refractivity contribution < 1.29 is 59.9 Å². The van der Waals surface area contributed by atoms with E-state index < -0.39 is 41.6 Å². The standard InChI is InChI=1S/C24H24FN3O6.Na.H/c1-13-7-20(29)22(23(32)28(13)2)27-24(33)26-19(12-21(30)31)16-8-15(9-17(25)10-16)14-5-4-6-18(11-14)34-3;;/h4-11,19,29H,12H2,1-3H3,(H,30,31)(H2,26,27,33);;/q;+1;-1/t19-;;/m0../s1. The number of benzene rings is 2. The number of aromatic hydroxyl groups is 1. The van der Waals surface area contributed by atoms with Gasteiger partial charge < -0.3 is 31.6 Å². The van der Waals surface area contributed by atoms with Gasteiger partial charge in [-0.3, -0.25) is 9.59 Å². The van der Waals surface area contributed by atoms with Gasteiger partial charge >= 0.3 is 41.6 Å². The first-order valence-corrected chi connectivity index (χ1v) is 10.2. The number of ether oxygens (including phenoxy) is 1. The Hall–Kier alpha value is -3.34. The number of aryl methyl sites for hydroxylation is 1. The molecule has 2 amide bonds.